The fourth-order valence-corrected chi connectivity index (χ4v) is 4.71. The number of rotatable bonds is 8. The Bertz CT molecular complexity index is 1520. The number of fused-ring (bicyclic) bond motifs is 1. The van der Waals surface area contributed by atoms with Crippen LogP contribution < -0.4 is 11.4 Å². The number of piperidine rings is 1. The minimum absolute atomic E-state index is 0.0531. The number of imidazole rings is 1. The number of hydrogen-bond acceptors (Lipinski definition) is 6. The number of carbonyl (C=O) groups is 1. The molecule has 37 heavy (non-hydrogen) atoms. The van der Waals surface area contributed by atoms with Crippen molar-refractivity contribution in [1.29, 1.82) is 5.26 Å². The lowest BCUT2D eigenvalue weighted by Gasteiger charge is -2.31. The van der Waals surface area contributed by atoms with Gasteiger partial charge in [0.15, 0.2) is 11.4 Å². The molecule has 3 N–H and O–H groups in total. The zero-order chi connectivity index (χ0) is 26.7. The summed E-state index contributed by atoms with van der Waals surface area (Å²) < 4.78 is 8.67. The van der Waals surface area contributed by atoms with Gasteiger partial charge in [0.25, 0.3) is 5.88 Å². The average Bonchev–Trinajstić information content (AvgIpc) is 3.13. The average molecular weight is 500 g/mol. The Labute approximate surface area is 215 Å². The zero-order valence-corrected chi connectivity index (χ0v) is 21.2. The van der Waals surface area contributed by atoms with Gasteiger partial charge in [-0.3, -0.25) is 24.6 Å². The van der Waals surface area contributed by atoms with E-state index in [9.17, 15) is 14.9 Å². The third-order valence-electron chi connectivity index (χ3n) is 6.55. The van der Waals surface area contributed by atoms with Gasteiger partial charge >= 0.3 is 5.69 Å². The Kier molecular flexibility index (Phi) is 7.53. The third kappa shape index (κ3) is 5.03. The number of hydrogen-bond donors (Lipinski definition) is 1. The topological polar surface area (TPSA) is 121 Å². The number of carbonyl (C=O) groups excluding carboxylic acids is 1. The molecule has 1 aliphatic heterocycles. The van der Waals surface area contributed by atoms with Gasteiger partial charge in [0.1, 0.15) is 12.2 Å². The molecule has 1 atom stereocenters. The van der Waals surface area contributed by atoms with Crippen LogP contribution in [-0.2, 0) is 29.7 Å². The highest BCUT2D eigenvalue weighted by Gasteiger charge is 2.32. The quantitative estimate of drug-likeness (QED) is 0.288. The summed E-state index contributed by atoms with van der Waals surface area (Å²) in [6.45, 7) is 11.6. The van der Waals surface area contributed by atoms with Crippen LogP contribution in [0, 0.1) is 17.2 Å². The fraction of sp³-hybridized carbons (Fsp3) is 0.286. The van der Waals surface area contributed by atoms with Crippen LogP contribution in [-0.4, -0.2) is 44.5 Å². The molecule has 0 spiro atoms. The largest absolute Gasteiger partial charge is 0.448 e. The second kappa shape index (κ2) is 10.8. The normalized spacial score (nSPS) is 17.5. The molecule has 190 valence electrons. The molecule has 3 aromatic rings. The number of ketones is 1. The van der Waals surface area contributed by atoms with Crippen LogP contribution in [0.15, 0.2) is 71.9 Å². The zero-order valence-electron chi connectivity index (χ0n) is 21.2. The lowest BCUT2D eigenvalue weighted by atomic mass is 9.93. The van der Waals surface area contributed by atoms with E-state index in [1.807, 2.05) is 31.2 Å². The highest BCUT2D eigenvalue weighted by Crippen LogP contribution is 2.27. The Hall–Kier alpha value is -4.26. The molecule has 0 amide bonds. The molecule has 1 unspecified atom stereocenters. The number of allylic oxidation sites excluding steroid dienone is 1. The molecule has 0 saturated carbocycles. The first-order valence-electron chi connectivity index (χ1n) is 12.0. The van der Waals surface area contributed by atoms with Crippen molar-refractivity contribution in [3.05, 3.63) is 88.7 Å². The standard InChI is InChI=1S/C28H30N6O3/c1-5-11-34-24-10-9-23(31-27(24)32(4)28(34)36)21-13-19(7-8-20(21)14-29)16-33-15-18(3)25(35)22(17-33)26(30)37-12-6-2/h5-10,13,18H,1-2,11-12,15-17,30H2,3-4H3/p+1. The van der Waals surface area contributed by atoms with Crippen LogP contribution in [0.4, 0.5) is 0 Å². The number of quaternary nitrogens is 1. The van der Waals surface area contributed by atoms with Crippen molar-refractivity contribution < 1.29 is 15.3 Å². The number of likely N-dealkylation sites (tertiary alicyclic amines) is 1. The number of nitrogens with zero attached hydrogens (tertiary/aromatic N) is 5. The second-order valence-corrected chi connectivity index (χ2v) is 9.21. The van der Waals surface area contributed by atoms with E-state index >= 15 is 0 Å². The minimum atomic E-state index is -0.185. The molecule has 0 aliphatic carbocycles. The van der Waals surface area contributed by atoms with Crippen LogP contribution in [0.3, 0.4) is 0 Å². The Morgan fingerprint density at radius 1 is 1.27 bits per heavy atom. The lowest BCUT2D eigenvalue weighted by Crippen LogP contribution is -2.53. The number of ether oxygens (including phenoxy) is 1. The fourth-order valence-electron chi connectivity index (χ4n) is 4.71. The molecule has 9 nitrogen and oxygen atoms in total. The molecule has 1 aromatic carbocycles. The van der Waals surface area contributed by atoms with Gasteiger partial charge in [0, 0.05) is 44.7 Å². The van der Waals surface area contributed by atoms with Crippen molar-refractivity contribution in [2.45, 2.75) is 20.0 Å². The first-order chi connectivity index (χ1) is 17.8. The highest BCUT2D eigenvalue weighted by molar-refractivity contribution is 5.98. The Balaban J connectivity index is 1.68. The summed E-state index contributed by atoms with van der Waals surface area (Å²) in [5.41, 5.74) is 8.36. The first-order valence-corrected chi connectivity index (χ1v) is 12.0. The second-order valence-electron chi connectivity index (χ2n) is 9.21. The van der Waals surface area contributed by atoms with E-state index in [0.29, 0.717) is 72.2 Å². The van der Waals surface area contributed by atoms with Gasteiger partial charge in [-0.25, -0.2) is 9.78 Å². The SMILES string of the molecule is C=CCOC([NH3+])=C1CN(Cc2ccc(C#N)c(-c3ccc4c(n3)n(C)c(=O)n4CC=C)c2)CC(C)C1=O. The molecule has 1 aliphatic rings. The van der Waals surface area contributed by atoms with Crippen molar-refractivity contribution in [3.8, 4) is 17.3 Å². The summed E-state index contributed by atoms with van der Waals surface area (Å²) in [7, 11) is 1.68. The van der Waals surface area contributed by atoms with Crippen molar-refractivity contribution in [1.82, 2.24) is 19.0 Å². The van der Waals surface area contributed by atoms with Crippen molar-refractivity contribution in [2.75, 3.05) is 19.7 Å². The van der Waals surface area contributed by atoms with E-state index in [1.165, 1.54) is 4.57 Å². The van der Waals surface area contributed by atoms with Gasteiger partial charge < -0.3 is 4.74 Å². The molecule has 0 bridgehead atoms. The molecule has 1 fully saturated rings. The third-order valence-corrected chi connectivity index (χ3v) is 6.55. The number of Topliss-reactive ketones (excluding diaryl/α,β-unsaturated/α-hetero) is 1. The van der Waals surface area contributed by atoms with E-state index in [1.54, 1.807) is 29.8 Å². The van der Waals surface area contributed by atoms with Gasteiger partial charge in [-0.05, 0) is 29.8 Å². The number of benzene rings is 1. The van der Waals surface area contributed by atoms with Crippen LogP contribution in [0.25, 0.3) is 22.4 Å². The molecular weight excluding hydrogens is 468 g/mol. The summed E-state index contributed by atoms with van der Waals surface area (Å²) in [6.07, 6.45) is 3.29. The van der Waals surface area contributed by atoms with Crippen molar-refractivity contribution >= 4 is 16.9 Å². The Morgan fingerprint density at radius 2 is 2.05 bits per heavy atom. The van der Waals surface area contributed by atoms with E-state index in [0.717, 1.165) is 5.56 Å². The molecule has 4 rings (SSSR count). The van der Waals surface area contributed by atoms with Crippen LogP contribution in [0.1, 0.15) is 18.1 Å². The highest BCUT2D eigenvalue weighted by atomic mass is 16.5. The number of pyridine rings is 1. The van der Waals surface area contributed by atoms with Crippen LogP contribution in [0.5, 0.6) is 0 Å². The predicted molar refractivity (Wildman–Crippen MR) is 141 cm³/mol. The van der Waals surface area contributed by atoms with Crippen molar-refractivity contribution in [2.24, 2.45) is 13.0 Å². The summed E-state index contributed by atoms with van der Waals surface area (Å²) in [6, 6.07) is 11.6. The number of aryl methyl sites for hydroxylation is 1. The van der Waals surface area contributed by atoms with Crippen LogP contribution in [0.2, 0.25) is 0 Å². The number of nitriles is 1. The van der Waals surface area contributed by atoms with E-state index in [4.69, 9.17) is 9.72 Å². The molecular formula is C28H31N6O3+. The monoisotopic (exact) mass is 499 g/mol. The minimum Gasteiger partial charge on any atom is -0.448 e. The lowest BCUT2D eigenvalue weighted by molar-refractivity contribution is -0.357. The van der Waals surface area contributed by atoms with Gasteiger partial charge in [0.05, 0.1) is 22.8 Å². The van der Waals surface area contributed by atoms with Crippen LogP contribution >= 0.6 is 0 Å². The number of aromatic nitrogens is 3. The summed E-state index contributed by atoms with van der Waals surface area (Å²) in [4.78, 5) is 32.3. The Morgan fingerprint density at radius 3 is 2.76 bits per heavy atom. The van der Waals surface area contributed by atoms with Gasteiger partial charge in [-0.2, -0.15) is 5.26 Å². The maximum Gasteiger partial charge on any atom is 0.330 e. The summed E-state index contributed by atoms with van der Waals surface area (Å²) >= 11 is 0. The molecule has 3 heterocycles. The van der Waals surface area contributed by atoms with E-state index in [-0.39, 0.29) is 17.4 Å². The van der Waals surface area contributed by atoms with Crippen molar-refractivity contribution in [3.63, 3.8) is 0 Å². The first kappa shape index (κ1) is 25.8. The molecule has 0 radical (unpaired) electrons. The predicted octanol–water partition coefficient (Wildman–Crippen LogP) is 2.14. The van der Waals surface area contributed by atoms with Gasteiger partial charge in [-0.1, -0.05) is 31.7 Å². The van der Waals surface area contributed by atoms with Gasteiger partial charge in [0.2, 0.25) is 0 Å². The maximum atomic E-state index is 12.7. The summed E-state index contributed by atoms with van der Waals surface area (Å²) in [5, 5.41) is 9.78. The molecule has 2 aromatic heterocycles. The van der Waals surface area contributed by atoms with Gasteiger partial charge in [-0.15, -0.1) is 6.58 Å². The summed E-state index contributed by atoms with van der Waals surface area (Å²) in [5.74, 6) is 0.251. The molecule has 9 heteroatoms. The molecule has 1 saturated heterocycles. The maximum absolute atomic E-state index is 12.7. The smallest absolute Gasteiger partial charge is 0.330 e. The van der Waals surface area contributed by atoms with E-state index < -0.39 is 0 Å². The van der Waals surface area contributed by atoms with E-state index in [2.05, 4.69) is 29.9 Å².